The maximum Gasteiger partial charge on any atom is 0.238 e. The van der Waals surface area contributed by atoms with Crippen molar-refractivity contribution in [1.29, 1.82) is 0 Å². The van der Waals surface area contributed by atoms with Crippen LogP contribution < -0.4 is 0 Å². The highest BCUT2D eigenvalue weighted by molar-refractivity contribution is 7.21. The number of benzene rings is 8. The number of rotatable bonds is 5. The summed E-state index contributed by atoms with van der Waals surface area (Å²) in [4.78, 5) is 20.7. The number of furan rings is 1. The number of nitrogens with zero attached hydrogens (tertiary/aromatic N) is 6. The largest absolute Gasteiger partial charge is 0.456 e. The van der Waals surface area contributed by atoms with Crippen LogP contribution in [0.4, 0.5) is 0 Å². The average molecular weight is 787 g/mol. The molecule has 280 valence electrons. The van der Waals surface area contributed by atoms with Crippen LogP contribution in [0.2, 0.25) is 0 Å². The fourth-order valence-electron chi connectivity index (χ4n) is 8.90. The summed E-state index contributed by atoms with van der Waals surface area (Å²) in [5.41, 5.74) is 10.8. The molecule has 7 nitrogen and oxygen atoms in total. The molecule has 8 heteroatoms. The summed E-state index contributed by atoms with van der Waals surface area (Å²) in [5, 5.41) is 7.68. The number of fused-ring (bicyclic) bond motifs is 11. The van der Waals surface area contributed by atoms with Gasteiger partial charge in [0, 0.05) is 54.7 Å². The van der Waals surface area contributed by atoms with E-state index in [4.69, 9.17) is 24.4 Å². The SMILES string of the molecule is c1ccc(-c2nc(-c3ccc4c(c3)oc3ccccc34)nc(-n3c4ccccc4c4ccc5c6ccccc6n(-c6ccc(-c7nc8ccccc8s7)cc6)c5c43)n2)cc1. The molecule has 0 bridgehead atoms. The Morgan fingerprint density at radius 2 is 0.983 bits per heavy atom. The van der Waals surface area contributed by atoms with Gasteiger partial charge in [0.25, 0.3) is 0 Å². The number of para-hydroxylation sites is 4. The van der Waals surface area contributed by atoms with E-state index in [0.717, 1.165) is 93.1 Å². The topological polar surface area (TPSA) is 74.6 Å². The summed E-state index contributed by atoms with van der Waals surface area (Å²) in [6.45, 7) is 0. The number of hydrogen-bond donors (Lipinski definition) is 0. The standard InChI is InChI=1S/C52H30N6OS/c1-2-12-31(13-3-1)49-54-50(33-24-27-38-37-16-6-10-20-44(37)59-45(38)30-33)56-52(55-49)58-43-19-9-5-15-36(43)40-29-28-39-35-14-4-8-18-42(35)57(47(39)48(40)58)34-25-22-32(23-26-34)51-53-41-17-7-11-21-46(41)60-51/h1-30H. The molecule has 0 radical (unpaired) electrons. The molecule has 13 aromatic rings. The molecule has 0 aliphatic heterocycles. The maximum absolute atomic E-state index is 6.34. The van der Waals surface area contributed by atoms with Crippen LogP contribution in [0, 0.1) is 0 Å². The Balaban J connectivity index is 1.09. The minimum absolute atomic E-state index is 0.533. The normalized spacial score (nSPS) is 12.0. The van der Waals surface area contributed by atoms with Gasteiger partial charge in [-0.1, -0.05) is 115 Å². The highest BCUT2D eigenvalue weighted by atomic mass is 32.1. The third kappa shape index (κ3) is 4.95. The van der Waals surface area contributed by atoms with Crippen molar-refractivity contribution in [1.82, 2.24) is 29.1 Å². The van der Waals surface area contributed by atoms with Gasteiger partial charge in [-0.3, -0.25) is 4.57 Å². The lowest BCUT2D eigenvalue weighted by Crippen LogP contribution is -2.07. The van der Waals surface area contributed by atoms with E-state index in [-0.39, 0.29) is 0 Å². The lowest BCUT2D eigenvalue weighted by atomic mass is 10.1. The fourth-order valence-corrected chi connectivity index (χ4v) is 9.87. The van der Waals surface area contributed by atoms with Crippen LogP contribution in [0.5, 0.6) is 0 Å². The molecule has 0 saturated carbocycles. The van der Waals surface area contributed by atoms with Crippen molar-refractivity contribution in [2.24, 2.45) is 0 Å². The zero-order chi connectivity index (χ0) is 39.3. The molecule has 0 aliphatic carbocycles. The second-order valence-corrected chi connectivity index (χ2v) is 16.1. The third-order valence-electron chi connectivity index (χ3n) is 11.6. The predicted molar refractivity (Wildman–Crippen MR) is 245 cm³/mol. The second kappa shape index (κ2) is 12.8. The Hall–Kier alpha value is -7.94. The van der Waals surface area contributed by atoms with Crippen molar-refractivity contribution in [3.05, 3.63) is 182 Å². The molecule has 60 heavy (non-hydrogen) atoms. The summed E-state index contributed by atoms with van der Waals surface area (Å²) >= 11 is 1.72. The number of hydrogen-bond acceptors (Lipinski definition) is 6. The van der Waals surface area contributed by atoms with Gasteiger partial charge < -0.3 is 8.98 Å². The molecule has 13 rings (SSSR count). The fraction of sp³-hybridized carbons (Fsp3) is 0. The van der Waals surface area contributed by atoms with E-state index in [1.54, 1.807) is 11.3 Å². The van der Waals surface area contributed by atoms with Gasteiger partial charge in [0.1, 0.15) is 16.2 Å². The van der Waals surface area contributed by atoms with Gasteiger partial charge in [-0.25, -0.2) is 9.97 Å². The zero-order valence-corrected chi connectivity index (χ0v) is 32.6. The molecule has 0 saturated heterocycles. The zero-order valence-electron chi connectivity index (χ0n) is 31.8. The van der Waals surface area contributed by atoms with Gasteiger partial charge in [0.15, 0.2) is 11.6 Å². The lowest BCUT2D eigenvalue weighted by molar-refractivity contribution is 0.669. The van der Waals surface area contributed by atoms with E-state index in [2.05, 4.69) is 130 Å². The summed E-state index contributed by atoms with van der Waals surface area (Å²) in [7, 11) is 0. The molecular formula is C52H30N6OS. The van der Waals surface area contributed by atoms with E-state index < -0.39 is 0 Å². The molecule has 5 aromatic heterocycles. The molecule has 0 unspecified atom stereocenters. The minimum Gasteiger partial charge on any atom is -0.456 e. The van der Waals surface area contributed by atoms with E-state index in [9.17, 15) is 0 Å². The summed E-state index contributed by atoms with van der Waals surface area (Å²) in [6, 6.07) is 63.3. The summed E-state index contributed by atoms with van der Waals surface area (Å²) < 4.78 is 12.1. The van der Waals surface area contributed by atoms with E-state index in [1.807, 2.05) is 60.7 Å². The molecule has 8 aromatic carbocycles. The van der Waals surface area contributed by atoms with Gasteiger partial charge in [0.05, 0.1) is 32.3 Å². The Bertz CT molecular complexity index is 3810. The Morgan fingerprint density at radius 3 is 1.75 bits per heavy atom. The van der Waals surface area contributed by atoms with Crippen molar-refractivity contribution in [3.8, 4) is 45.0 Å². The smallest absolute Gasteiger partial charge is 0.238 e. The third-order valence-corrected chi connectivity index (χ3v) is 12.7. The molecule has 0 N–H and O–H groups in total. The van der Waals surface area contributed by atoms with Crippen molar-refractivity contribution < 1.29 is 4.42 Å². The Kier molecular flexibility index (Phi) is 7.05. The van der Waals surface area contributed by atoms with Gasteiger partial charge in [0.2, 0.25) is 5.95 Å². The van der Waals surface area contributed by atoms with Crippen LogP contribution in [-0.2, 0) is 0 Å². The van der Waals surface area contributed by atoms with E-state index in [1.165, 1.54) is 10.1 Å². The van der Waals surface area contributed by atoms with Crippen LogP contribution in [0.1, 0.15) is 0 Å². The minimum atomic E-state index is 0.533. The molecular weight excluding hydrogens is 757 g/mol. The first-order valence-electron chi connectivity index (χ1n) is 19.9. The van der Waals surface area contributed by atoms with Crippen molar-refractivity contribution in [2.75, 3.05) is 0 Å². The van der Waals surface area contributed by atoms with Gasteiger partial charge in [-0.05, 0) is 66.7 Å². The summed E-state index contributed by atoms with van der Waals surface area (Å²) in [5.74, 6) is 1.68. The van der Waals surface area contributed by atoms with Gasteiger partial charge in [-0.15, -0.1) is 11.3 Å². The summed E-state index contributed by atoms with van der Waals surface area (Å²) in [6.07, 6.45) is 0. The first-order chi connectivity index (χ1) is 29.7. The highest BCUT2D eigenvalue weighted by Crippen LogP contribution is 2.42. The van der Waals surface area contributed by atoms with Crippen LogP contribution in [0.15, 0.2) is 186 Å². The van der Waals surface area contributed by atoms with Gasteiger partial charge in [-0.2, -0.15) is 9.97 Å². The quantitative estimate of drug-likeness (QED) is 0.174. The molecule has 0 spiro atoms. The lowest BCUT2D eigenvalue weighted by Gasteiger charge is -2.13. The van der Waals surface area contributed by atoms with Crippen LogP contribution >= 0.6 is 11.3 Å². The van der Waals surface area contributed by atoms with Crippen molar-refractivity contribution in [2.45, 2.75) is 0 Å². The predicted octanol–water partition coefficient (Wildman–Crippen LogP) is 13.6. The van der Waals surface area contributed by atoms with Crippen LogP contribution in [-0.4, -0.2) is 29.1 Å². The molecule has 0 amide bonds. The van der Waals surface area contributed by atoms with E-state index in [0.29, 0.717) is 17.6 Å². The van der Waals surface area contributed by atoms with Crippen molar-refractivity contribution >= 4 is 87.1 Å². The molecule has 0 aliphatic rings. The monoisotopic (exact) mass is 786 g/mol. The van der Waals surface area contributed by atoms with Crippen LogP contribution in [0.25, 0.3) is 121 Å². The first kappa shape index (κ1) is 33.1. The number of thiazole rings is 1. The number of aromatic nitrogens is 6. The molecule has 0 atom stereocenters. The van der Waals surface area contributed by atoms with E-state index >= 15 is 0 Å². The highest BCUT2D eigenvalue weighted by Gasteiger charge is 2.24. The Labute approximate surface area is 346 Å². The average Bonchev–Trinajstić information content (AvgIpc) is 4.08. The Morgan fingerprint density at radius 1 is 0.400 bits per heavy atom. The molecule has 5 heterocycles. The second-order valence-electron chi connectivity index (χ2n) is 15.1. The van der Waals surface area contributed by atoms with Crippen LogP contribution in [0.3, 0.4) is 0 Å². The van der Waals surface area contributed by atoms with Crippen molar-refractivity contribution in [3.63, 3.8) is 0 Å². The van der Waals surface area contributed by atoms with Gasteiger partial charge >= 0.3 is 0 Å². The molecule has 0 fully saturated rings. The first-order valence-corrected chi connectivity index (χ1v) is 20.7. The maximum atomic E-state index is 6.34.